The fraction of sp³-hybridized carbons (Fsp3) is 0.400. The molecule has 0 spiro atoms. The van der Waals surface area contributed by atoms with E-state index < -0.39 is 29.7 Å². The van der Waals surface area contributed by atoms with Crippen molar-refractivity contribution < 1.29 is 36.4 Å². The van der Waals surface area contributed by atoms with Crippen LogP contribution in [0.2, 0.25) is 0 Å². The summed E-state index contributed by atoms with van der Waals surface area (Å²) in [6.07, 6.45) is -0.734. The fourth-order valence-electron chi connectivity index (χ4n) is 3.55. The number of hydrogen-bond donors (Lipinski definition) is 0. The van der Waals surface area contributed by atoms with Crippen LogP contribution >= 0.6 is 0 Å². The van der Waals surface area contributed by atoms with Crippen molar-refractivity contribution in [2.45, 2.75) is 25.2 Å². The molecule has 9 nitrogen and oxygen atoms in total. The summed E-state index contributed by atoms with van der Waals surface area (Å²) in [5, 5.41) is 0. The van der Waals surface area contributed by atoms with Gasteiger partial charge in [-0.3, -0.25) is 18.8 Å². The van der Waals surface area contributed by atoms with Crippen LogP contribution < -0.4 is 14.4 Å². The highest BCUT2D eigenvalue weighted by molar-refractivity contribution is 7.84. The van der Waals surface area contributed by atoms with E-state index in [0.717, 1.165) is 0 Å². The number of alkyl halides is 3. The van der Waals surface area contributed by atoms with E-state index in [2.05, 4.69) is 14.7 Å². The zero-order chi connectivity index (χ0) is 23.8. The zero-order valence-electron chi connectivity index (χ0n) is 17.4. The Morgan fingerprint density at radius 1 is 1.21 bits per heavy atom. The van der Waals surface area contributed by atoms with Gasteiger partial charge in [0.25, 0.3) is 11.8 Å². The van der Waals surface area contributed by atoms with Crippen molar-refractivity contribution >= 4 is 28.3 Å². The van der Waals surface area contributed by atoms with Crippen molar-refractivity contribution in [1.29, 1.82) is 0 Å². The van der Waals surface area contributed by atoms with Gasteiger partial charge in [-0.15, -0.1) is 0 Å². The second-order valence-corrected chi connectivity index (χ2v) is 8.92. The zero-order valence-corrected chi connectivity index (χ0v) is 18.2. The first kappa shape index (κ1) is 23.0. The fourth-order valence-corrected chi connectivity index (χ4v) is 4.20. The minimum absolute atomic E-state index is 0.108. The van der Waals surface area contributed by atoms with Crippen LogP contribution in [0.4, 0.5) is 18.9 Å². The van der Waals surface area contributed by atoms with Crippen molar-refractivity contribution in [1.82, 2.24) is 14.9 Å². The second-order valence-electron chi connectivity index (χ2n) is 7.51. The molecular formula is C20H19F3N4O5S. The predicted octanol–water partition coefficient (Wildman–Crippen LogP) is 1.89. The largest absolute Gasteiger partial charge is 0.479 e. The first-order chi connectivity index (χ1) is 15.6. The molecule has 4 heterocycles. The summed E-state index contributed by atoms with van der Waals surface area (Å²) in [5.41, 5.74) is 1.38. The topological polar surface area (TPSA) is 102 Å². The quantitative estimate of drug-likeness (QED) is 0.592. The summed E-state index contributed by atoms with van der Waals surface area (Å²) < 4.78 is 58.3. The molecule has 2 aliphatic heterocycles. The van der Waals surface area contributed by atoms with Crippen molar-refractivity contribution in [2.24, 2.45) is 0 Å². The molecule has 2 amide bonds. The van der Waals surface area contributed by atoms with Gasteiger partial charge in [0.1, 0.15) is 5.75 Å². The van der Waals surface area contributed by atoms with Gasteiger partial charge < -0.3 is 19.3 Å². The number of carbonyl (C=O) groups excluding carboxylic acids is 2. The smallest absolute Gasteiger partial charge is 0.422 e. The van der Waals surface area contributed by atoms with Crippen molar-refractivity contribution in [3.05, 3.63) is 41.9 Å². The molecule has 0 aromatic carbocycles. The third-order valence-electron chi connectivity index (χ3n) is 4.99. The Bertz CT molecular complexity index is 1100. The van der Waals surface area contributed by atoms with Crippen LogP contribution in [-0.4, -0.2) is 68.5 Å². The third-order valence-corrected chi connectivity index (χ3v) is 5.67. The van der Waals surface area contributed by atoms with E-state index in [-0.39, 0.29) is 35.9 Å². The highest BCUT2D eigenvalue weighted by atomic mass is 32.2. The average Bonchev–Trinajstić information content (AvgIpc) is 3.26. The maximum atomic E-state index is 12.8. The molecule has 4 rings (SSSR count). The lowest BCUT2D eigenvalue weighted by Gasteiger charge is -2.17. The predicted molar refractivity (Wildman–Crippen MR) is 110 cm³/mol. The summed E-state index contributed by atoms with van der Waals surface area (Å²) in [6.45, 7) is -0.855. The Balaban J connectivity index is 1.40. The minimum Gasteiger partial charge on any atom is -0.479 e. The third kappa shape index (κ3) is 5.24. The van der Waals surface area contributed by atoms with Crippen LogP contribution in [0.25, 0.3) is 0 Å². The van der Waals surface area contributed by atoms with Gasteiger partial charge in [0.15, 0.2) is 12.7 Å². The van der Waals surface area contributed by atoms with Crippen molar-refractivity contribution in [3.63, 3.8) is 0 Å². The highest BCUT2D eigenvalue weighted by Crippen LogP contribution is 2.29. The molecule has 2 atom stereocenters. The molecule has 13 heteroatoms. The van der Waals surface area contributed by atoms with Gasteiger partial charge in [-0.05, 0) is 12.1 Å². The monoisotopic (exact) mass is 484 g/mol. The van der Waals surface area contributed by atoms with Crippen LogP contribution in [0.15, 0.2) is 30.6 Å². The van der Waals surface area contributed by atoms with Gasteiger partial charge in [0, 0.05) is 36.1 Å². The number of pyridine rings is 2. The average molecular weight is 484 g/mol. The Kier molecular flexibility index (Phi) is 6.23. The number of ether oxygens (including phenoxy) is 2. The Labute approximate surface area is 189 Å². The van der Waals surface area contributed by atoms with Crippen molar-refractivity contribution in [3.8, 4) is 11.6 Å². The number of anilines is 1. The molecule has 0 N–H and O–H groups in total. The summed E-state index contributed by atoms with van der Waals surface area (Å²) >= 11 is 0. The maximum absolute atomic E-state index is 12.8. The lowest BCUT2D eigenvalue weighted by atomic mass is 10.2. The molecule has 0 saturated carbocycles. The molecule has 0 bridgehead atoms. The van der Waals surface area contributed by atoms with Crippen LogP contribution in [0.3, 0.4) is 0 Å². The SMILES string of the molecule is C[S@](=O)CN1Cc2ncc(N3CC[C@@H](Oc4ccc(OCC(F)(F)F)nc4)C3=O)cc2C1=O. The molecule has 0 radical (unpaired) electrons. The second kappa shape index (κ2) is 8.96. The van der Waals surface area contributed by atoms with Crippen LogP contribution in [0.1, 0.15) is 22.5 Å². The molecule has 2 aliphatic rings. The maximum Gasteiger partial charge on any atom is 0.422 e. The Morgan fingerprint density at radius 2 is 2.00 bits per heavy atom. The van der Waals surface area contributed by atoms with Gasteiger partial charge in [-0.2, -0.15) is 13.2 Å². The standard InChI is InChI=1S/C20H19F3N4O5S/c1-33(30)11-26-9-15-14(18(26)28)6-12(7-24-15)27-5-4-16(19(27)29)32-13-2-3-17(25-8-13)31-10-20(21,22)23/h2-3,6-8,16H,4-5,9-11H2,1H3/t16-,33+/m1/s1. The van der Waals surface area contributed by atoms with Gasteiger partial charge in [-0.1, -0.05) is 0 Å². The van der Waals surface area contributed by atoms with Crippen LogP contribution in [0, 0.1) is 0 Å². The molecule has 2 aromatic heterocycles. The number of rotatable bonds is 7. The molecular weight excluding hydrogens is 465 g/mol. The highest BCUT2D eigenvalue weighted by Gasteiger charge is 2.36. The normalized spacial score (nSPS) is 19.1. The van der Waals surface area contributed by atoms with Gasteiger partial charge in [-0.25, -0.2) is 4.98 Å². The van der Waals surface area contributed by atoms with Crippen molar-refractivity contribution in [2.75, 3.05) is 30.2 Å². The van der Waals surface area contributed by atoms with Crippen LogP contribution in [-0.2, 0) is 22.1 Å². The molecule has 176 valence electrons. The minimum atomic E-state index is -4.47. The van der Waals surface area contributed by atoms with E-state index >= 15 is 0 Å². The summed E-state index contributed by atoms with van der Waals surface area (Å²) in [6, 6.07) is 4.19. The number of halogens is 3. The molecule has 2 aromatic rings. The van der Waals surface area contributed by atoms with E-state index in [1.54, 1.807) is 6.07 Å². The molecule has 1 fully saturated rings. The summed E-state index contributed by atoms with van der Waals surface area (Å²) in [4.78, 5) is 36.4. The lowest BCUT2D eigenvalue weighted by Crippen LogP contribution is -2.32. The van der Waals surface area contributed by atoms with E-state index in [1.807, 2.05) is 0 Å². The van der Waals surface area contributed by atoms with Gasteiger partial charge in [0.05, 0.1) is 41.8 Å². The number of nitrogens with zero attached hydrogens (tertiary/aromatic N) is 4. The Hall–Kier alpha value is -3.22. The van der Waals surface area contributed by atoms with Crippen LogP contribution in [0.5, 0.6) is 11.6 Å². The summed E-state index contributed by atoms with van der Waals surface area (Å²) in [5.74, 6) is -0.523. The van der Waals surface area contributed by atoms with Gasteiger partial charge in [0.2, 0.25) is 5.88 Å². The van der Waals surface area contributed by atoms with E-state index in [1.165, 1.54) is 40.6 Å². The first-order valence-corrected chi connectivity index (χ1v) is 11.6. The summed E-state index contributed by atoms with van der Waals surface area (Å²) in [7, 11) is -1.18. The number of aromatic nitrogens is 2. The molecule has 0 unspecified atom stereocenters. The number of hydrogen-bond acceptors (Lipinski definition) is 7. The van der Waals surface area contributed by atoms with E-state index in [4.69, 9.17) is 4.74 Å². The number of carbonyl (C=O) groups is 2. The molecule has 33 heavy (non-hydrogen) atoms. The van der Waals surface area contributed by atoms with E-state index in [9.17, 15) is 27.0 Å². The number of amides is 2. The first-order valence-electron chi connectivity index (χ1n) is 9.82. The number of fused-ring (bicyclic) bond motifs is 1. The van der Waals surface area contributed by atoms with Gasteiger partial charge >= 0.3 is 6.18 Å². The lowest BCUT2D eigenvalue weighted by molar-refractivity contribution is -0.154. The Morgan fingerprint density at radius 3 is 2.67 bits per heavy atom. The molecule has 0 aliphatic carbocycles. The van der Waals surface area contributed by atoms with E-state index in [0.29, 0.717) is 29.9 Å². The molecule has 1 saturated heterocycles.